The van der Waals surface area contributed by atoms with Gasteiger partial charge in [-0.25, -0.2) is 0 Å². The van der Waals surface area contributed by atoms with Crippen LogP contribution in [0.4, 0.5) is 5.69 Å². The Morgan fingerprint density at radius 1 is 1.08 bits per heavy atom. The van der Waals surface area contributed by atoms with Crippen molar-refractivity contribution in [3.05, 3.63) is 29.8 Å². The van der Waals surface area contributed by atoms with Crippen LogP contribution in [0.5, 0.6) is 0 Å². The molecule has 2 N–H and O–H groups in total. The van der Waals surface area contributed by atoms with Gasteiger partial charge in [-0.1, -0.05) is 0 Å². The molecule has 0 atom stereocenters. The minimum atomic E-state index is -0.160. The lowest BCUT2D eigenvalue weighted by Crippen LogP contribution is -2.35. The summed E-state index contributed by atoms with van der Waals surface area (Å²) in [5.74, 6) is 0.0111. The fourth-order valence-electron chi connectivity index (χ4n) is 3.56. The highest BCUT2D eigenvalue weighted by Gasteiger charge is 2.17. The van der Waals surface area contributed by atoms with Gasteiger partial charge >= 0.3 is 0 Å². The van der Waals surface area contributed by atoms with Gasteiger partial charge in [0.25, 0.3) is 5.91 Å². The fraction of sp³-hybridized carbons (Fsp3) is 0.632. The maximum Gasteiger partial charge on any atom is 0.251 e. The van der Waals surface area contributed by atoms with Crippen molar-refractivity contribution in [3.63, 3.8) is 0 Å². The van der Waals surface area contributed by atoms with Gasteiger partial charge in [0.15, 0.2) is 0 Å². The molecule has 5 heteroatoms. The molecule has 2 fully saturated rings. The Bertz CT molecular complexity index is 518. The molecule has 0 bridgehead atoms. The van der Waals surface area contributed by atoms with Gasteiger partial charge in [-0.05, 0) is 76.0 Å². The molecule has 0 unspecified atom stereocenters. The Morgan fingerprint density at radius 2 is 1.75 bits per heavy atom. The Morgan fingerprint density at radius 3 is 2.42 bits per heavy atom. The number of aliphatic hydroxyl groups excluding tert-OH is 1. The Balaban J connectivity index is 1.41. The summed E-state index contributed by atoms with van der Waals surface area (Å²) in [5.41, 5.74) is 1.85. The summed E-state index contributed by atoms with van der Waals surface area (Å²) < 4.78 is 0. The van der Waals surface area contributed by atoms with Gasteiger partial charge < -0.3 is 20.2 Å². The van der Waals surface area contributed by atoms with Crippen molar-refractivity contribution in [1.82, 2.24) is 10.2 Å². The van der Waals surface area contributed by atoms with E-state index in [0.717, 1.165) is 56.7 Å². The van der Waals surface area contributed by atoms with Crippen LogP contribution in [0.1, 0.15) is 42.5 Å². The van der Waals surface area contributed by atoms with Crippen molar-refractivity contribution in [2.75, 3.05) is 44.2 Å². The van der Waals surface area contributed by atoms with Crippen LogP contribution in [-0.2, 0) is 0 Å². The predicted octanol–water partition coefficient (Wildman–Crippen LogP) is 1.86. The smallest absolute Gasteiger partial charge is 0.251 e. The lowest BCUT2D eigenvalue weighted by Gasteiger charge is -2.31. The molecule has 0 spiro atoms. The van der Waals surface area contributed by atoms with Gasteiger partial charge in [-0.3, -0.25) is 4.79 Å². The predicted molar refractivity (Wildman–Crippen MR) is 96.5 cm³/mol. The monoisotopic (exact) mass is 331 g/mol. The first-order valence-corrected chi connectivity index (χ1v) is 9.26. The maximum atomic E-state index is 12.2. The third-order valence-corrected chi connectivity index (χ3v) is 5.09. The Hall–Kier alpha value is -1.59. The molecule has 1 aromatic carbocycles. The largest absolute Gasteiger partial charge is 0.393 e. The highest BCUT2D eigenvalue weighted by molar-refractivity contribution is 5.94. The normalized spacial score (nSPS) is 19.6. The van der Waals surface area contributed by atoms with Crippen molar-refractivity contribution in [2.24, 2.45) is 0 Å². The Labute approximate surface area is 144 Å². The number of hydrogen-bond acceptors (Lipinski definition) is 4. The van der Waals surface area contributed by atoms with Crippen LogP contribution in [0, 0.1) is 0 Å². The zero-order valence-electron chi connectivity index (χ0n) is 14.4. The van der Waals surface area contributed by atoms with Crippen LogP contribution >= 0.6 is 0 Å². The van der Waals surface area contributed by atoms with Crippen molar-refractivity contribution in [3.8, 4) is 0 Å². The van der Waals surface area contributed by atoms with E-state index in [9.17, 15) is 9.90 Å². The first-order chi connectivity index (χ1) is 11.7. The maximum absolute atomic E-state index is 12.2. The number of carbonyl (C=O) groups excluding carboxylic acids is 1. The number of carbonyl (C=O) groups is 1. The summed E-state index contributed by atoms with van der Waals surface area (Å²) in [7, 11) is 0. The number of benzene rings is 1. The molecule has 132 valence electrons. The molecule has 3 rings (SSSR count). The van der Waals surface area contributed by atoms with E-state index >= 15 is 0 Å². The van der Waals surface area contributed by atoms with Gasteiger partial charge in [0.2, 0.25) is 0 Å². The highest BCUT2D eigenvalue weighted by Crippen LogP contribution is 2.20. The second-order valence-electron chi connectivity index (χ2n) is 6.92. The summed E-state index contributed by atoms with van der Waals surface area (Å²) in [5, 5.41) is 12.6. The summed E-state index contributed by atoms with van der Waals surface area (Å²) in [6.45, 7) is 6.00. The molecule has 2 heterocycles. The number of rotatable bonds is 6. The number of nitrogens with one attached hydrogen (secondary N) is 1. The van der Waals surface area contributed by atoms with Gasteiger partial charge in [-0.15, -0.1) is 0 Å². The quantitative estimate of drug-likeness (QED) is 0.782. The number of amides is 1. The van der Waals surface area contributed by atoms with Crippen molar-refractivity contribution < 1.29 is 9.90 Å². The Kier molecular flexibility index (Phi) is 6.10. The molecule has 24 heavy (non-hydrogen) atoms. The van der Waals surface area contributed by atoms with Gasteiger partial charge in [-0.2, -0.15) is 0 Å². The van der Waals surface area contributed by atoms with Crippen LogP contribution in [-0.4, -0.2) is 61.3 Å². The number of aliphatic hydroxyl groups is 1. The first-order valence-electron chi connectivity index (χ1n) is 9.26. The standard InChI is InChI=1S/C19H29N3O2/c23-18-8-14-22(15-9-18)17-6-4-16(5-7-17)19(24)20-10-3-13-21-11-1-2-12-21/h4-7,18,23H,1-3,8-15H2,(H,20,24). The van der Waals surface area contributed by atoms with E-state index in [1.165, 1.54) is 25.9 Å². The third-order valence-electron chi connectivity index (χ3n) is 5.09. The molecular formula is C19H29N3O2. The van der Waals surface area contributed by atoms with Crippen LogP contribution in [0.15, 0.2) is 24.3 Å². The molecule has 2 aliphatic heterocycles. The first kappa shape index (κ1) is 17.2. The van der Waals surface area contributed by atoms with Gasteiger partial charge in [0.1, 0.15) is 0 Å². The lowest BCUT2D eigenvalue weighted by atomic mass is 10.1. The zero-order valence-corrected chi connectivity index (χ0v) is 14.4. The molecule has 0 aromatic heterocycles. The zero-order chi connectivity index (χ0) is 16.8. The van der Waals surface area contributed by atoms with Crippen LogP contribution < -0.4 is 10.2 Å². The van der Waals surface area contributed by atoms with Crippen molar-refractivity contribution >= 4 is 11.6 Å². The molecular weight excluding hydrogens is 302 g/mol. The second kappa shape index (κ2) is 8.49. The number of piperidine rings is 1. The third kappa shape index (κ3) is 4.71. The minimum Gasteiger partial charge on any atom is -0.393 e. The minimum absolute atomic E-state index is 0.0111. The van der Waals surface area contributed by atoms with E-state index in [1.807, 2.05) is 24.3 Å². The molecule has 2 aliphatic rings. The van der Waals surface area contributed by atoms with Crippen molar-refractivity contribution in [2.45, 2.75) is 38.2 Å². The van der Waals surface area contributed by atoms with E-state index < -0.39 is 0 Å². The molecule has 0 saturated carbocycles. The van der Waals surface area contributed by atoms with E-state index in [-0.39, 0.29) is 12.0 Å². The summed E-state index contributed by atoms with van der Waals surface area (Å²) in [6, 6.07) is 7.82. The summed E-state index contributed by atoms with van der Waals surface area (Å²) >= 11 is 0. The van der Waals surface area contributed by atoms with Crippen LogP contribution in [0.25, 0.3) is 0 Å². The fourth-order valence-corrected chi connectivity index (χ4v) is 3.56. The summed E-state index contributed by atoms with van der Waals surface area (Å²) in [6.07, 6.45) is 5.12. The number of anilines is 1. The SMILES string of the molecule is O=C(NCCCN1CCCC1)c1ccc(N2CCC(O)CC2)cc1. The molecule has 1 amide bonds. The molecule has 0 aliphatic carbocycles. The number of nitrogens with zero attached hydrogens (tertiary/aromatic N) is 2. The average molecular weight is 331 g/mol. The van der Waals surface area contributed by atoms with E-state index in [0.29, 0.717) is 0 Å². The van der Waals surface area contributed by atoms with E-state index in [4.69, 9.17) is 0 Å². The van der Waals surface area contributed by atoms with Crippen LogP contribution in [0.2, 0.25) is 0 Å². The molecule has 0 radical (unpaired) electrons. The lowest BCUT2D eigenvalue weighted by molar-refractivity contribution is 0.0952. The van der Waals surface area contributed by atoms with Gasteiger partial charge in [0, 0.05) is 30.9 Å². The second-order valence-corrected chi connectivity index (χ2v) is 6.92. The molecule has 2 saturated heterocycles. The van der Waals surface area contributed by atoms with Crippen LogP contribution in [0.3, 0.4) is 0 Å². The summed E-state index contributed by atoms with van der Waals surface area (Å²) in [4.78, 5) is 16.9. The average Bonchev–Trinajstić information content (AvgIpc) is 3.13. The van der Waals surface area contributed by atoms with Gasteiger partial charge in [0.05, 0.1) is 6.10 Å². The van der Waals surface area contributed by atoms with E-state index in [2.05, 4.69) is 15.1 Å². The van der Waals surface area contributed by atoms with Crippen molar-refractivity contribution in [1.29, 1.82) is 0 Å². The molecule has 1 aromatic rings. The topological polar surface area (TPSA) is 55.8 Å². The highest BCUT2D eigenvalue weighted by atomic mass is 16.3. The number of hydrogen-bond donors (Lipinski definition) is 2. The number of likely N-dealkylation sites (tertiary alicyclic amines) is 1. The molecule has 5 nitrogen and oxygen atoms in total. The van der Waals surface area contributed by atoms with E-state index in [1.54, 1.807) is 0 Å².